The van der Waals surface area contributed by atoms with E-state index >= 15 is 0 Å². The first-order chi connectivity index (χ1) is 7.01. The van der Waals surface area contributed by atoms with E-state index in [1.165, 1.54) is 0 Å². The van der Waals surface area contributed by atoms with Crippen LogP contribution in [0.4, 0.5) is 0 Å². The van der Waals surface area contributed by atoms with Crippen molar-refractivity contribution in [1.82, 2.24) is 4.72 Å². The van der Waals surface area contributed by atoms with Gasteiger partial charge in [0, 0.05) is 12.6 Å². The van der Waals surface area contributed by atoms with E-state index in [4.69, 9.17) is 10.9 Å². The second-order valence-electron chi connectivity index (χ2n) is 3.29. The van der Waals surface area contributed by atoms with Crippen LogP contribution in [0.5, 0.6) is 0 Å². The van der Waals surface area contributed by atoms with Crippen molar-refractivity contribution in [2.24, 2.45) is 10.9 Å². The molecular formula is C9H15N3O2S. The van der Waals surface area contributed by atoms with Crippen LogP contribution < -0.4 is 15.6 Å². The normalized spacial score (nSPS) is 13.7. The molecule has 5 N–H and O–H groups in total. The summed E-state index contributed by atoms with van der Waals surface area (Å²) in [5, 5.41) is 4.87. The molecule has 0 aliphatic rings. The largest absolute Gasteiger partial charge is 0.329 e. The Kier molecular flexibility index (Phi) is 4.22. The van der Waals surface area contributed by atoms with Gasteiger partial charge in [-0.1, -0.05) is 30.3 Å². The Morgan fingerprint density at radius 3 is 2.33 bits per heavy atom. The van der Waals surface area contributed by atoms with Crippen LogP contribution in [-0.2, 0) is 16.6 Å². The van der Waals surface area contributed by atoms with Gasteiger partial charge in [-0.25, -0.2) is 5.14 Å². The molecule has 84 valence electrons. The summed E-state index contributed by atoms with van der Waals surface area (Å²) in [5.41, 5.74) is 6.46. The molecule has 0 heterocycles. The number of hydrogen-bond acceptors (Lipinski definition) is 3. The van der Waals surface area contributed by atoms with Crippen molar-refractivity contribution < 1.29 is 8.42 Å². The molecule has 0 radical (unpaired) electrons. The lowest BCUT2D eigenvalue weighted by molar-refractivity contribution is 0.549. The smallest absolute Gasteiger partial charge is 0.274 e. The van der Waals surface area contributed by atoms with Gasteiger partial charge in [-0.3, -0.25) is 0 Å². The maximum Gasteiger partial charge on any atom is 0.274 e. The molecule has 0 spiro atoms. The first-order valence-corrected chi connectivity index (χ1v) is 6.10. The third-order valence-corrected chi connectivity index (χ3v) is 2.60. The number of benzene rings is 1. The van der Waals surface area contributed by atoms with Crippen molar-refractivity contribution in [3.05, 3.63) is 35.9 Å². The number of rotatable bonds is 5. The molecule has 6 heteroatoms. The topological polar surface area (TPSA) is 98.2 Å². The minimum absolute atomic E-state index is 0.214. The van der Waals surface area contributed by atoms with E-state index in [0.717, 1.165) is 5.56 Å². The molecule has 0 aliphatic carbocycles. The van der Waals surface area contributed by atoms with Gasteiger partial charge in [0.15, 0.2) is 0 Å². The maximum atomic E-state index is 10.8. The Morgan fingerprint density at radius 1 is 1.27 bits per heavy atom. The van der Waals surface area contributed by atoms with Crippen LogP contribution in [0.1, 0.15) is 5.56 Å². The minimum atomic E-state index is -3.69. The van der Waals surface area contributed by atoms with E-state index in [-0.39, 0.29) is 12.6 Å². The van der Waals surface area contributed by atoms with Crippen LogP contribution in [0.2, 0.25) is 0 Å². The van der Waals surface area contributed by atoms with Gasteiger partial charge in [-0.15, -0.1) is 0 Å². The molecular weight excluding hydrogens is 214 g/mol. The van der Waals surface area contributed by atoms with Crippen LogP contribution in [0.3, 0.4) is 0 Å². The quantitative estimate of drug-likeness (QED) is 0.625. The standard InChI is InChI=1S/C9H15N3O2S/c10-7-9(12-15(11,13)14)6-8-4-2-1-3-5-8/h1-5,9,12H,6-7,10H2,(H2,11,13,14). The number of nitrogens with one attached hydrogen (secondary N) is 1. The Hall–Kier alpha value is -0.950. The predicted octanol–water partition coefficient (Wildman–Crippen LogP) is -0.650. The highest BCUT2D eigenvalue weighted by molar-refractivity contribution is 7.87. The van der Waals surface area contributed by atoms with Crippen LogP contribution >= 0.6 is 0 Å². The molecule has 1 aromatic carbocycles. The summed E-state index contributed by atoms with van der Waals surface area (Å²) in [6, 6.07) is 9.14. The van der Waals surface area contributed by atoms with E-state index in [2.05, 4.69) is 4.72 Å². The van der Waals surface area contributed by atoms with E-state index in [0.29, 0.717) is 6.42 Å². The van der Waals surface area contributed by atoms with Crippen LogP contribution in [0.15, 0.2) is 30.3 Å². The average molecular weight is 229 g/mol. The molecule has 0 aliphatic heterocycles. The Balaban J connectivity index is 2.63. The lowest BCUT2D eigenvalue weighted by atomic mass is 10.1. The van der Waals surface area contributed by atoms with E-state index in [1.807, 2.05) is 30.3 Å². The van der Waals surface area contributed by atoms with Crippen molar-refractivity contribution in [2.45, 2.75) is 12.5 Å². The molecule has 1 atom stereocenters. The van der Waals surface area contributed by atoms with Gasteiger partial charge in [-0.2, -0.15) is 13.1 Å². The summed E-state index contributed by atoms with van der Waals surface area (Å²) < 4.78 is 23.9. The van der Waals surface area contributed by atoms with Crippen molar-refractivity contribution >= 4 is 10.2 Å². The third-order valence-electron chi connectivity index (χ3n) is 1.94. The van der Waals surface area contributed by atoms with Gasteiger partial charge >= 0.3 is 0 Å². The molecule has 0 fully saturated rings. The fraction of sp³-hybridized carbons (Fsp3) is 0.333. The van der Waals surface area contributed by atoms with Crippen molar-refractivity contribution in [2.75, 3.05) is 6.54 Å². The van der Waals surface area contributed by atoms with Crippen molar-refractivity contribution in [3.8, 4) is 0 Å². The van der Waals surface area contributed by atoms with E-state index in [1.54, 1.807) is 0 Å². The van der Waals surface area contributed by atoms with Gasteiger partial charge in [0.2, 0.25) is 0 Å². The highest BCUT2D eigenvalue weighted by Gasteiger charge is 2.12. The van der Waals surface area contributed by atoms with E-state index in [9.17, 15) is 8.42 Å². The number of hydrogen-bond donors (Lipinski definition) is 3. The van der Waals surface area contributed by atoms with Gasteiger partial charge < -0.3 is 5.73 Å². The Bertz CT molecular complexity index is 391. The molecule has 0 amide bonds. The zero-order valence-electron chi connectivity index (χ0n) is 8.26. The maximum absolute atomic E-state index is 10.8. The summed E-state index contributed by atoms with van der Waals surface area (Å²) in [6.45, 7) is 0.214. The van der Waals surface area contributed by atoms with E-state index < -0.39 is 10.2 Å². The summed E-state index contributed by atoms with van der Waals surface area (Å²) in [6.07, 6.45) is 0.535. The summed E-state index contributed by atoms with van der Waals surface area (Å²) >= 11 is 0. The zero-order chi connectivity index (χ0) is 11.3. The van der Waals surface area contributed by atoms with Crippen molar-refractivity contribution in [3.63, 3.8) is 0 Å². The number of nitrogens with two attached hydrogens (primary N) is 2. The molecule has 15 heavy (non-hydrogen) atoms. The fourth-order valence-corrected chi connectivity index (χ4v) is 1.95. The van der Waals surface area contributed by atoms with Crippen LogP contribution in [-0.4, -0.2) is 21.0 Å². The average Bonchev–Trinajstić information content (AvgIpc) is 2.16. The molecule has 0 aromatic heterocycles. The Labute approximate surface area is 89.7 Å². The zero-order valence-corrected chi connectivity index (χ0v) is 9.07. The summed E-state index contributed by atoms with van der Waals surface area (Å²) in [7, 11) is -3.69. The van der Waals surface area contributed by atoms with Crippen LogP contribution in [0.25, 0.3) is 0 Å². The molecule has 1 rings (SSSR count). The molecule has 0 bridgehead atoms. The highest BCUT2D eigenvalue weighted by atomic mass is 32.2. The lowest BCUT2D eigenvalue weighted by Crippen LogP contribution is -2.44. The molecule has 5 nitrogen and oxygen atoms in total. The predicted molar refractivity (Wildman–Crippen MR) is 59.2 cm³/mol. The molecule has 1 aromatic rings. The van der Waals surface area contributed by atoms with Crippen molar-refractivity contribution in [1.29, 1.82) is 0 Å². The molecule has 0 saturated heterocycles. The second kappa shape index (κ2) is 5.22. The highest BCUT2D eigenvalue weighted by Crippen LogP contribution is 2.02. The monoisotopic (exact) mass is 229 g/mol. The third kappa shape index (κ3) is 4.89. The van der Waals surface area contributed by atoms with Gasteiger partial charge in [-0.05, 0) is 12.0 Å². The summed E-state index contributed by atoms with van der Waals surface area (Å²) in [4.78, 5) is 0. The fourth-order valence-electron chi connectivity index (χ4n) is 1.30. The van der Waals surface area contributed by atoms with Gasteiger partial charge in [0.25, 0.3) is 10.2 Å². The van der Waals surface area contributed by atoms with Crippen LogP contribution in [0, 0.1) is 0 Å². The first-order valence-electron chi connectivity index (χ1n) is 4.55. The minimum Gasteiger partial charge on any atom is -0.329 e. The Morgan fingerprint density at radius 2 is 1.87 bits per heavy atom. The molecule has 0 saturated carbocycles. The summed E-state index contributed by atoms with van der Waals surface area (Å²) in [5.74, 6) is 0. The lowest BCUT2D eigenvalue weighted by Gasteiger charge is -2.14. The molecule has 1 unspecified atom stereocenters. The SMILES string of the molecule is NCC(Cc1ccccc1)NS(N)(=O)=O. The second-order valence-corrected chi connectivity index (χ2v) is 4.61. The van der Waals surface area contributed by atoms with Gasteiger partial charge in [0.1, 0.15) is 0 Å². The first kappa shape index (κ1) is 12.1. The van der Waals surface area contributed by atoms with Gasteiger partial charge in [0.05, 0.1) is 0 Å².